The summed E-state index contributed by atoms with van der Waals surface area (Å²) in [5, 5.41) is 3.34. The molecule has 0 N–H and O–H groups in total. The van der Waals surface area contributed by atoms with E-state index in [0.29, 0.717) is 0 Å². The maximum atomic E-state index is 3.97. The van der Waals surface area contributed by atoms with E-state index >= 15 is 0 Å². The maximum Gasteiger partial charge on any atom is 0.0998 e. The summed E-state index contributed by atoms with van der Waals surface area (Å²) in [5.41, 5.74) is 3.01. The van der Waals surface area contributed by atoms with Crippen molar-refractivity contribution in [1.29, 1.82) is 0 Å². The molecule has 0 spiro atoms. The van der Waals surface area contributed by atoms with Crippen molar-refractivity contribution in [3.8, 4) is 0 Å². The molecule has 2 aliphatic rings. The monoisotopic (exact) mass is 377 g/mol. The highest BCUT2D eigenvalue weighted by Crippen LogP contribution is 2.70. The molecule has 2 aromatic carbocycles. The number of hydrogen-bond acceptors (Lipinski definition) is 0. The van der Waals surface area contributed by atoms with Crippen molar-refractivity contribution in [3.63, 3.8) is 0 Å². The van der Waals surface area contributed by atoms with Crippen molar-refractivity contribution in [2.24, 2.45) is 0 Å². The lowest BCUT2D eigenvalue weighted by Gasteiger charge is -2.43. The summed E-state index contributed by atoms with van der Waals surface area (Å²) in [6, 6.07) is 21.3. The topological polar surface area (TPSA) is 0 Å². The number of benzene rings is 2. The lowest BCUT2D eigenvalue weighted by Crippen LogP contribution is -2.40. The molecule has 27 heavy (non-hydrogen) atoms. The molecule has 0 bridgehead atoms. The van der Waals surface area contributed by atoms with Crippen LogP contribution in [-0.2, 0) is 0 Å². The number of rotatable bonds is 5. The van der Waals surface area contributed by atoms with Gasteiger partial charge >= 0.3 is 0 Å². The summed E-state index contributed by atoms with van der Waals surface area (Å²) in [5.74, 6) is 0. The van der Waals surface area contributed by atoms with Crippen LogP contribution in [0.25, 0.3) is 6.08 Å². The van der Waals surface area contributed by atoms with E-state index in [2.05, 4.69) is 61.2 Å². The van der Waals surface area contributed by atoms with E-state index in [-0.39, 0.29) is 0 Å². The van der Waals surface area contributed by atoms with Crippen LogP contribution in [0.4, 0.5) is 0 Å². The molecule has 4 rings (SSSR count). The molecule has 0 nitrogen and oxygen atoms in total. The first-order valence-corrected chi connectivity index (χ1v) is 13.0. The highest BCUT2D eigenvalue weighted by Gasteiger charge is 2.55. The van der Waals surface area contributed by atoms with Crippen LogP contribution >= 0.6 is 7.26 Å². The van der Waals surface area contributed by atoms with Crippen molar-refractivity contribution < 1.29 is 0 Å². The Morgan fingerprint density at radius 1 is 0.630 bits per heavy atom. The van der Waals surface area contributed by atoms with Crippen molar-refractivity contribution in [3.05, 3.63) is 66.7 Å². The second kappa shape index (κ2) is 8.74. The van der Waals surface area contributed by atoms with Gasteiger partial charge in [-0.1, -0.05) is 55.8 Å². The normalized spacial score (nSPS) is 19.7. The molecule has 2 aliphatic carbocycles. The van der Waals surface area contributed by atoms with Gasteiger partial charge < -0.3 is 0 Å². The minimum absolute atomic E-state index is 0.881. The van der Waals surface area contributed by atoms with Crippen molar-refractivity contribution in [2.75, 3.05) is 0 Å². The van der Waals surface area contributed by atoms with Crippen LogP contribution < -0.4 is 10.6 Å². The molecule has 1 heteroatoms. The van der Waals surface area contributed by atoms with Crippen molar-refractivity contribution in [2.45, 2.75) is 75.5 Å². The molecular formula is C26H34P+. The summed E-state index contributed by atoms with van der Waals surface area (Å²) < 4.78 is 0. The minimum atomic E-state index is -1.42. The van der Waals surface area contributed by atoms with Crippen LogP contribution in [0.1, 0.15) is 69.8 Å². The van der Waals surface area contributed by atoms with Gasteiger partial charge in [0.25, 0.3) is 0 Å². The fourth-order valence-corrected chi connectivity index (χ4v) is 12.0. The van der Waals surface area contributed by atoms with Gasteiger partial charge in [0.05, 0.1) is 29.2 Å². The summed E-state index contributed by atoms with van der Waals surface area (Å²) in [6.45, 7) is 3.97. The van der Waals surface area contributed by atoms with Crippen LogP contribution in [0.15, 0.2) is 61.2 Å². The van der Waals surface area contributed by atoms with Crippen LogP contribution in [-0.4, -0.2) is 11.3 Å². The van der Waals surface area contributed by atoms with E-state index in [1.165, 1.54) is 69.8 Å². The molecular weight excluding hydrogens is 343 g/mol. The molecule has 0 aliphatic heterocycles. The Morgan fingerprint density at radius 2 is 1.11 bits per heavy atom. The summed E-state index contributed by atoms with van der Waals surface area (Å²) in [7, 11) is -1.42. The van der Waals surface area contributed by atoms with E-state index in [1.54, 1.807) is 10.6 Å². The lowest BCUT2D eigenvalue weighted by atomic mass is 9.99. The standard InChI is InChI=1S/C26H34P/c1-2-22-18-20-26(21-19-22)27(23-12-6-3-7-13-23,24-14-8-4-9-15-24)25-16-10-5-11-17-25/h2-3,6-7,12-13,18-21,24-25H,1,4-5,8-11,14-17H2/q+1. The lowest BCUT2D eigenvalue weighted by molar-refractivity contribution is 0.483. The van der Waals surface area contributed by atoms with Gasteiger partial charge in [0.1, 0.15) is 0 Å². The van der Waals surface area contributed by atoms with Crippen LogP contribution in [0.2, 0.25) is 0 Å². The fourth-order valence-electron chi connectivity index (χ4n) is 5.80. The third kappa shape index (κ3) is 3.66. The van der Waals surface area contributed by atoms with Gasteiger partial charge in [0, 0.05) is 0 Å². The van der Waals surface area contributed by atoms with Crippen LogP contribution in [0.3, 0.4) is 0 Å². The minimum Gasteiger partial charge on any atom is -0.0985 e. The quantitative estimate of drug-likeness (QED) is 0.494. The smallest absolute Gasteiger partial charge is 0.0985 e. The van der Waals surface area contributed by atoms with Gasteiger partial charge in [0.2, 0.25) is 0 Å². The van der Waals surface area contributed by atoms with Gasteiger partial charge in [-0.25, -0.2) is 0 Å². The first kappa shape index (κ1) is 18.9. The Balaban J connectivity index is 1.90. The maximum absolute atomic E-state index is 3.97. The zero-order valence-electron chi connectivity index (χ0n) is 16.7. The molecule has 0 saturated heterocycles. The second-order valence-electron chi connectivity index (χ2n) is 8.49. The summed E-state index contributed by atoms with van der Waals surface area (Å²) in [4.78, 5) is 0. The zero-order valence-corrected chi connectivity index (χ0v) is 17.5. The zero-order chi connectivity index (χ0) is 18.5. The van der Waals surface area contributed by atoms with Crippen LogP contribution in [0.5, 0.6) is 0 Å². The Morgan fingerprint density at radius 3 is 1.59 bits per heavy atom. The number of hydrogen-bond donors (Lipinski definition) is 0. The fraction of sp³-hybridized carbons (Fsp3) is 0.462. The summed E-state index contributed by atoms with van der Waals surface area (Å²) in [6.07, 6.45) is 16.3. The third-order valence-corrected chi connectivity index (χ3v) is 12.7. The second-order valence-corrected chi connectivity index (χ2v) is 12.5. The van der Waals surface area contributed by atoms with Gasteiger partial charge in [-0.2, -0.15) is 0 Å². The molecule has 0 atom stereocenters. The Kier molecular flexibility index (Phi) is 6.14. The van der Waals surface area contributed by atoms with Gasteiger partial charge in [-0.05, 0) is 81.2 Å². The molecule has 142 valence electrons. The average Bonchev–Trinajstić information content (AvgIpc) is 2.77. The first-order chi connectivity index (χ1) is 13.4. The van der Waals surface area contributed by atoms with Gasteiger partial charge in [-0.3, -0.25) is 0 Å². The van der Waals surface area contributed by atoms with E-state index < -0.39 is 7.26 Å². The summed E-state index contributed by atoms with van der Waals surface area (Å²) >= 11 is 0. The molecule has 2 saturated carbocycles. The van der Waals surface area contributed by atoms with E-state index in [1.807, 2.05) is 6.08 Å². The van der Waals surface area contributed by atoms with E-state index in [0.717, 1.165) is 11.3 Å². The third-order valence-electron chi connectivity index (χ3n) is 7.04. The predicted octanol–water partition coefficient (Wildman–Crippen LogP) is 6.96. The van der Waals surface area contributed by atoms with Gasteiger partial charge in [-0.15, -0.1) is 0 Å². The van der Waals surface area contributed by atoms with Crippen molar-refractivity contribution in [1.82, 2.24) is 0 Å². The van der Waals surface area contributed by atoms with E-state index in [4.69, 9.17) is 0 Å². The average molecular weight is 378 g/mol. The van der Waals surface area contributed by atoms with Crippen molar-refractivity contribution >= 4 is 23.9 Å². The van der Waals surface area contributed by atoms with E-state index in [9.17, 15) is 0 Å². The molecule has 2 fully saturated rings. The molecule has 0 unspecified atom stereocenters. The molecule has 0 radical (unpaired) electrons. The van der Waals surface area contributed by atoms with Gasteiger partial charge in [0.15, 0.2) is 0 Å². The molecule has 0 aromatic heterocycles. The SMILES string of the molecule is C=Cc1ccc([P+](c2ccccc2)(C2CCCCC2)C2CCCCC2)cc1. The Hall–Kier alpha value is -1.39. The molecule has 0 amide bonds. The first-order valence-electron chi connectivity index (χ1n) is 11.0. The molecule has 0 heterocycles. The predicted molar refractivity (Wildman–Crippen MR) is 123 cm³/mol. The highest BCUT2D eigenvalue weighted by atomic mass is 31.2. The Bertz CT molecular complexity index is 701. The largest absolute Gasteiger partial charge is 0.0998 e. The molecule has 2 aromatic rings. The Labute approximate surface area is 166 Å². The van der Waals surface area contributed by atoms with Crippen LogP contribution in [0, 0.1) is 0 Å². The highest BCUT2D eigenvalue weighted by molar-refractivity contribution is 7.90.